The van der Waals surface area contributed by atoms with Crippen LogP contribution in [0, 0.1) is 0 Å². The molecule has 1 amide bonds. The van der Waals surface area contributed by atoms with Crippen LogP contribution in [0.25, 0.3) is 0 Å². The molecule has 1 aromatic rings. The molecule has 0 atom stereocenters. The summed E-state index contributed by atoms with van der Waals surface area (Å²) in [6.07, 6.45) is 2.60. The summed E-state index contributed by atoms with van der Waals surface area (Å²) in [6, 6.07) is 6.28. The van der Waals surface area contributed by atoms with Crippen molar-refractivity contribution in [3.05, 3.63) is 29.3 Å². The fourth-order valence-corrected chi connectivity index (χ4v) is 2.17. The monoisotopic (exact) mass is 247 g/mol. The fraction of sp³-hybridized carbons (Fsp3) is 0.500. The Morgan fingerprint density at radius 1 is 1.28 bits per heavy atom. The summed E-state index contributed by atoms with van der Waals surface area (Å²) in [5.74, 6) is 0.125. The SMILES string of the molecule is CNCCCNCc1ccc2c(c1)CCC(=O)N2. The van der Waals surface area contributed by atoms with Gasteiger partial charge in [-0.3, -0.25) is 4.79 Å². The Morgan fingerprint density at radius 2 is 2.17 bits per heavy atom. The molecule has 0 bridgehead atoms. The summed E-state index contributed by atoms with van der Waals surface area (Å²) in [6.45, 7) is 2.96. The second-order valence-electron chi connectivity index (χ2n) is 4.67. The second kappa shape index (κ2) is 6.52. The molecule has 0 saturated heterocycles. The van der Waals surface area contributed by atoms with E-state index in [2.05, 4.69) is 28.1 Å². The molecule has 0 aromatic heterocycles. The average molecular weight is 247 g/mol. The van der Waals surface area contributed by atoms with E-state index < -0.39 is 0 Å². The van der Waals surface area contributed by atoms with Gasteiger partial charge in [-0.15, -0.1) is 0 Å². The third-order valence-electron chi connectivity index (χ3n) is 3.17. The summed E-state index contributed by atoms with van der Waals surface area (Å²) < 4.78 is 0. The Morgan fingerprint density at radius 3 is 3.00 bits per heavy atom. The molecule has 4 nitrogen and oxygen atoms in total. The Kier molecular flexibility index (Phi) is 4.73. The number of carbonyl (C=O) groups is 1. The molecule has 0 saturated carbocycles. The molecule has 0 fully saturated rings. The highest BCUT2D eigenvalue weighted by atomic mass is 16.1. The number of rotatable bonds is 6. The van der Waals surface area contributed by atoms with E-state index in [1.807, 2.05) is 13.1 Å². The molecular weight excluding hydrogens is 226 g/mol. The predicted molar refractivity (Wildman–Crippen MR) is 73.6 cm³/mol. The zero-order valence-electron chi connectivity index (χ0n) is 10.9. The van der Waals surface area contributed by atoms with Gasteiger partial charge < -0.3 is 16.0 Å². The number of nitrogens with one attached hydrogen (secondary N) is 3. The summed E-state index contributed by atoms with van der Waals surface area (Å²) in [5.41, 5.74) is 3.52. The van der Waals surface area contributed by atoms with E-state index in [-0.39, 0.29) is 5.91 Å². The fourth-order valence-electron chi connectivity index (χ4n) is 2.17. The first-order valence-electron chi connectivity index (χ1n) is 6.56. The largest absolute Gasteiger partial charge is 0.326 e. The van der Waals surface area contributed by atoms with E-state index in [1.165, 1.54) is 11.1 Å². The quantitative estimate of drug-likeness (QED) is 0.664. The maximum absolute atomic E-state index is 11.3. The van der Waals surface area contributed by atoms with Crippen molar-refractivity contribution in [1.29, 1.82) is 0 Å². The molecule has 0 unspecified atom stereocenters. The lowest BCUT2D eigenvalue weighted by Crippen LogP contribution is -2.21. The zero-order valence-corrected chi connectivity index (χ0v) is 10.9. The third kappa shape index (κ3) is 3.55. The minimum atomic E-state index is 0.125. The van der Waals surface area contributed by atoms with Crippen molar-refractivity contribution >= 4 is 11.6 Å². The number of hydrogen-bond donors (Lipinski definition) is 3. The van der Waals surface area contributed by atoms with E-state index in [9.17, 15) is 4.79 Å². The minimum absolute atomic E-state index is 0.125. The number of anilines is 1. The highest BCUT2D eigenvalue weighted by Crippen LogP contribution is 2.23. The van der Waals surface area contributed by atoms with Crippen molar-refractivity contribution in [1.82, 2.24) is 10.6 Å². The molecule has 1 aromatic carbocycles. The molecule has 1 heterocycles. The van der Waals surface area contributed by atoms with Crippen LogP contribution in [0.3, 0.4) is 0 Å². The van der Waals surface area contributed by atoms with Crippen LogP contribution in [0.2, 0.25) is 0 Å². The van der Waals surface area contributed by atoms with E-state index in [4.69, 9.17) is 0 Å². The van der Waals surface area contributed by atoms with Crippen LogP contribution in [0.15, 0.2) is 18.2 Å². The molecule has 0 aliphatic carbocycles. The summed E-state index contributed by atoms with van der Waals surface area (Å²) in [5, 5.41) is 9.46. The third-order valence-corrected chi connectivity index (χ3v) is 3.17. The van der Waals surface area contributed by atoms with Gasteiger partial charge >= 0.3 is 0 Å². The van der Waals surface area contributed by atoms with Gasteiger partial charge in [-0.05, 0) is 50.2 Å². The number of carbonyl (C=O) groups excluding carboxylic acids is 1. The molecule has 98 valence electrons. The van der Waals surface area contributed by atoms with Gasteiger partial charge in [-0.25, -0.2) is 0 Å². The summed E-state index contributed by atoms with van der Waals surface area (Å²) in [7, 11) is 1.97. The summed E-state index contributed by atoms with van der Waals surface area (Å²) >= 11 is 0. The molecule has 3 N–H and O–H groups in total. The average Bonchev–Trinajstić information content (AvgIpc) is 2.38. The van der Waals surface area contributed by atoms with E-state index in [1.54, 1.807) is 0 Å². The molecule has 0 spiro atoms. The molecule has 1 aliphatic heterocycles. The molecule has 1 aliphatic rings. The molecule has 0 radical (unpaired) electrons. The lowest BCUT2D eigenvalue weighted by Gasteiger charge is -2.17. The van der Waals surface area contributed by atoms with Crippen molar-refractivity contribution in [3.8, 4) is 0 Å². The lowest BCUT2D eigenvalue weighted by atomic mass is 10.0. The lowest BCUT2D eigenvalue weighted by molar-refractivity contribution is -0.116. The van der Waals surface area contributed by atoms with Gasteiger partial charge in [-0.2, -0.15) is 0 Å². The van der Waals surface area contributed by atoms with Gasteiger partial charge in [0.1, 0.15) is 0 Å². The zero-order chi connectivity index (χ0) is 12.8. The number of benzene rings is 1. The maximum Gasteiger partial charge on any atom is 0.224 e. The summed E-state index contributed by atoms with van der Waals surface area (Å²) in [4.78, 5) is 11.3. The van der Waals surface area contributed by atoms with Crippen molar-refractivity contribution in [3.63, 3.8) is 0 Å². The van der Waals surface area contributed by atoms with Crippen LogP contribution in [-0.2, 0) is 17.8 Å². The van der Waals surface area contributed by atoms with Crippen molar-refractivity contribution in [2.45, 2.75) is 25.8 Å². The van der Waals surface area contributed by atoms with Gasteiger partial charge in [-0.1, -0.05) is 12.1 Å². The first kappa shape index (κ1) is 13.1. The highest BCUT2D eigenvalue weighted by Gasteiger charge is 2.14. The van der Waals surface area contributed by atoms with Crippen LogP contribution < -0.4 is 16.0 Å². The van der Waals surface area contributed by atoms with Crippen LogP contribution in [0.4, 0.5) is 5.69 Å². The topological polar surface area (TPSA) is 53.2 Å². The van der Waals surface area contributed by atoms with Gasteiger partial charge in [0.15, 0.2) is 0 Å². The standard InChI is InChI=1S/C14H21N3O/c1-15-7-2-8-16-10-11-3-5-13-12(9-11)4-6-14(18)17-13/h3,5,9,15-16H,2,4,6-8,10H2,1H3,(H,17,18). The first-order chi connectivity index (χ1) is 8.79. The van der Waals surface area contributed by atoms with Crippen molar-refractivity contribution in [2.75, 3.05) is 25.5 Å². The predicted octanol–water partition coefficient (Wildman–Crippen LogP) is 1.27. The van der Waals surface area contributed by atoms with Gasteiger partial charge in [0, 0.05) is 18.7 Å². The Hall–Kier alpha value is -1.39. The Bertz CT molecular complexity index is 418. The smallest absolute Gasteiger partial charge is 0.224 e. The van der Waals surface area contributed by atoms with E-state index in [0.717, 1.165) is 38.2 Å². The van der Waals surface area contributed by atoms with Gasteiger partial charge in [0.05, 0.1) is 0 Å². The molecular formula is C14H21N3O. The first-order valence-corrected chi connectivity index (χ1v) is 6.56. The van der Waals surface area contributed by atoms with Gasteiger partial charge in [0.25, 0.3) is 0 Å². The second-order valence-corrected chi connectivity index (χ2v) is 4.67. The number of aryl methyl sites for hydroxylation is 1. The van der Waals surface area contributed by atoms with E-state index in [0.29, 0.717) is 6.42 Å². The van der Waals surface area contributed by atoms with Crippen LogP contribution in [0.5, 0.6) is 0 Å². The molecule has 2 rings (SSSR count). The number of hydrogen-bond acceptors (Lipinski definition) is 3. The Balaban J connectivity index is 1.85. The van der Waals surface area contributed by atoms with E-state index >= 15 is 0 Å². The van der Waals surface area contributed by atoms with Crippen LogP contribution in [0.1, 0.15) is 24.0 Å². The van der Waals surface area contributed by atoms with Crippen molar-refractivity contribution in [2.24, 2.45) is 0 Å². The van der Waals surface area contributed by atoms with Gasteiger partial charge in [0.2, 0.25) is 5.91 Å². The van der Waals surface area contributed by atoms with Crippen LogP contribution in [-0.4, -0.2) is 26.0 Å². The Labute approximate surface area is 108 Å². The van der Waals surface area contributed by atoms with Crippen molar-refractivity contribution < 1.29 is 4.79 Å². The normalized spacial score (nSPS) is 14.2. The van der Waals surface area contributed by atoms with Crippen LogP contribution >= 0.6 is 0 Å². The number of amides is 1. The maximum atomic E-state index is 11.3. The molecule has 18 heavy (non-hydrogen) atoms. The number of fused-ring (bicyclic) bond motifs is 1. The minimum Gasteiger partial charge on any atom is -0.326 e. The highest BCUT2D eigenvalue weighted by molar-refractivity contribution is 5.93. The molecule has 4 heteroatoms.